The largest absolute Gasteiger partial charge is 0.381 e. The maximum absolute atomic E-state index is 5.57. The highest BCUT2D eigenvalue weighted by Crippen LogP contribution is 2.11. The highest BCUT2D eigenvalue weighted by atomic mass is 16.5. The average Bonchev–Trinajstić information content (AvgIpc) is 2.47. The molecule has 2 N–H and O–H groups in total. The fourth-order valence-electron chi connectivity index (χ4n) is 2.50. The smallest absolute Gasteiger partial charge is 0.0466 e. The Labute approximate surface area is 127 Å². The summed E-state index contributed by atoms with van der Waals surface area (Å²) >= 11 is 0. The first-order valence-corrected chi connectivity index (χ1v) is 9.19. The lowest BCUT2D eigenvalue weighted by Crippen LogP contribution is -2.02. The third-order valence-electron chi connectivity index (χ3n) is 3.89. The Bertz CT molecular complexity index is 143. The summed E-state index contributed by atoms with van der Waals surface area (Å²) in [4.78, 5) is 0. The zero-order chi connectivity index (χ0) is 14.7. The Morgan fingerprint density at radius 2 is 0.950 bits per heavy atom. The lowest BCUT2D eigenvalue weighted by Gasteiger charge is -2.04. The standard InChI is InChI=1S/C18H39NO/c1-2-3-4-5-6-7-8-9-10-11-12-14-17-20-18-15-13-16-19/h2-19H2,1H3. The van der Waals surface area contributed by atoms with Crippen LogP contribution in [-0.2, 0) is 4.74 Å². The van der Waals surface area contributed by atoms with Crippen LogP contribution in [0.3, 0.4) is 0 Å². The molecule has 2 heteroatoms. The van der Waals surface area contributed by atoms with Gasteiger partial charge in [0.1, 0.15) is 0 Å². The molecule has 0 atom stereocenters. The van der Waals surface area contributed by atoms with Crippen molar-refractivity contribution in [1.82, 2.24) is 0 Å². The molecule has 122 valence electrons. The Morgan fingerprint density at radius 3 is 1.40 bits per heavy atom. The molecule has 0 bridgehead atoms. The van der Waals surface area contributed by atoms with E-state index in [1.165, 1.54) is 77.0 Å². The van der Waals surface area contributed by atoms with Crippen LogP contribution >= 0.6 is 0 Å². The minimum atomic E-state index is 0.794. The second kappa shape index (κ2) is 18.9. The fraction of sp³-hybridized carbons (Fsp3) is 1.00. The molecule has 0 aliphatic rings. The first-order valence-electron chi connectivity index (χ1n) is 9.19. The molecule has 0 aromatic heterocycles. The molecule has 0 heterocycles. The molecular formula is C18H39NO. The molecule has 0 aliphatic carbocycles. The lowest BCUT2D eigenvalue weighted by atomic mass is 10.1. The summed E-state index contributed by atoms with van der Waals surface area (Å²) in [5.74, 6) is 0. The van der Waals surface area contributed by atoms with Crippen molar-refractivity contribution in [2.75, 3.05) is 19.8 Å². The number of hydrogen-bond donors (Lipinski definition) is 1. The average molecular weight is 286 g/mol. The summed E-state index contributed by atoms with van der Waals surface area (Å²) < 4.78 is 5.57. The third kappa shape index (κ3) is 17.9. The van der Waals surface area contributed by atoms with Gasteiger partial charge in [0.15, 0.2) is 0 Å². The summed E-state index contributed by atoms with van der Waals surface area (Å²) in [5, 5.41) is 0. The van der Waals surface area contributed by atoms with Crippen molar-refractivity contribution in [3.05, 3.63) is 0 Å². The van der Waals surface area contributed by atoms with Crippen molar-refractivity contribution in [2.24, 2.45) is 5.73 Å². The minimum absolute atomic E-state index is 0.794. The van der Waals surface area contributed by atoms with Crippen LogP contribution in [0.4, 0.5) is 0 Å². The molecule has 2 nitrogen and oxygen atoms in total. The van der Waals surface area contributed by atoms with Gasteiger partial charge in [0.05, 0.1) is 0 Å². The van der Waals surface area contributed by atoms with Crippen molar-refractivity contribution in [3.8, 4) is 0 Å². The topological polar surface area (TPSA) is 35.2 Å². The van der Waals surface area contributed by atoms with Gasteiger partial charge in [0, 0.05) is 13.2 Å². The molecule has 0 rings (SSSR count). The molecule has 20 heavy (non-hydrogen) atoms. The molecule has 0 amide bonds. The van der Waals surface area contributed by atoms with Crippen LogP contribution in [0.1, 0.15) is 96.8 Å². The van der Waals surface area contributed by atoms with Crippen molar-refractivity contribution in [1.29, 1.82) is 0 Å². The van der Waals surface area contributed by atoms with Crippen molar-refractivity contribution < 1.29 is 4.74 Å². The van der Waals surface area contributed by atoms with Gasteiger partial charge in [-0.3, -0.25) is 0 Å². The van der Waals surface area contributed by atoms with E-state index in [1.54, 1.807) is 0 Å². The van der Waals surface area contributed by atoms with E-state index in [1.807, 2.05) is 0 Å². The molecule has 0 fully saturated rings. The SMILES string of the molecule is CCCCCCCCCCCCCCOCCCCN. The first-order chi connectivity index (χ1) is 9.91. The molecule has 0 spiro atoms. The van der Waals surface area contributed by atoms with E-state index in [2.05, 4.69) is 6.92 Å². The molecule has 0 saturated heterocycles. The first kappa shape index (κ1) is 19.9. The summed E-state index contributed by atoms with van der Waals surface area (Å²) in [6, 6.07) is 0. The van der Waals surface area contributed by atoms with Crippen LogP contribution in [0.2, 0.25) is 0 Å². The van der Waals surface area contributed by atoms with E-state index >= 15 is 0 Å². The zero-order valence-corrected chi connectivity index (χ0v) is 14.0. The van der Waals surface area contributed by atoms with Gasteiger partial charge in [0.2, 0.25) is 0 Å². The van der Waals surface area contributed by atoms with Crippen molar-refractivity contribution in [2.45, 2.75) is 96.8 Å². The third-order valence-corrected chi connectivity index (χ3v) is 3.89. The highest BCUT2D eigenvalue weighted by Gasteiger charge is 1.94. The second-order valence-electron chi connectivity index (χ2n) is 6.00. The highest BCUT2D eigenvalue weighted by molar-refractivity contribution is 4.48. The van der Waals surface area contributed by atoms with Crippen LogP contribution in [0.15, 0.2) is 0 Å². The number of ether oxygens (including phenoxy) is 1. The summed E-state index contributed by atoms with van der Waals surface area (Å²) in [7, 11) is 0. The molecule has 0 saturated carbocycles. The summed E-state index contributed by atoms with van der Waals surface area (Å²) in [5.41, 5.74) is 5.43. The normalized spacial score (nSPS) is 11.1. The summed E-state index contributed by atoms with van der Waals surface area (Å²) in [6.07, 6.45) is 19.1. The van der Waals surface area contributed by atoms with E-state index in [9.17, 15) is 0 Å². The molecule has 0 aromatic rings. The fourth-order valence-corrected chi connectivity index (χ4v) is 2.50. The van der Waals surface area contributed by atoms with Gasteiger partial charge < -0.3 is 10.5 Å². The van der Waals surface area contributed by atoms with Crippen LogP contribution in [0.25, 0.3) is 0 Å². The van der Waals surface area contributed by atoms with Crippen LogP contribution in [0, 0.1) is 0 Å². The predicted molar refractivity (Wildman–Crippen MR) is 90.2 cm³/mol. The number of hydrogen-bond acceptors (Lipinski definition) is 2. The van der Waals surface area contributed by atoms with Gasteiger partial charge in [-0.05, 0) is 25.8 Å². The molecule has 0 aliphatic heterocycles. The zero-order valence-electron chi connectivity index (χ0n) is 14.0. The van der Waals surface area contributed by atoms with Gasteiger partial charge >= 0.3 is 0 Å². The molecule has 0 unspecified atom stereocenters. The van der Waals surface area contributed by atoms with Crippen molar-refractivity contribution >= 4 is 0 Å². The van der Waals surface area contributed by atoms with E-state index in [4.69, 9.17) is 10.5 Å². The Hall–Kier alpha value is -0.0800. The predicted octanol–water partition coefficient (Wildman–Crippen LogP) is 5.44. The van der Waals surface area contributed by atoms with Crippen molar-refractivity contribution in [3.63, 3.8) is 0 Å². The van der Waals surface area contributed by atoms with Gasteiger partial charge in [-0.2, -0.15) is 0 Å². The van der Waals surface area contributed by atoms with E-state index in [0.717, 1.165) is 32.6 Å². The van der Waals surface area contributed by atoms with Gasteiger partial charge in [0.25, 0.3) is 0 Å². The second-order valence-corrected chi connectivity index (χ2v) is 6.00. The molecular weight excluding hydrogens is 246 g/mol. The van der Waals surface area contributed by atoms with Gasteiger partial charge in [-0.1, -0.05) is 77.6 Å². The summed E-state index contributed by atoms with van der Waals surface area (Å²) in [6.45, 7) is 4.92. The van der Waals surface area contributed by atoms with Gasteiger partial charge in [-0.15, -0.1) is 0 Å². The number of rotatable bonds is 17. The Balaban J connectivity index is 2.89. The maximum Gasteiger partial charge on any atom is 0.0466 e. The molecule has 0 radical (unpaired) electrons. The van der Waals surface area contributed by atoms with E-state index in [0.29, 0.717) is 0 Å². The number of unbranched alkanes of at least 4 members (excludes halogenated alkanes) is 12. The van der Waals surface area contributed by atoms with E-state index < -0.39 is 0 Å². The van der Waals surface area contributed by atoms with Gasteiger partial charge in [-0.25, -0.2) is 0 Å². The Morgan fingerprint density at radius 1 is 0.550 bits per heavy atom. The quantitative estimate of drug-likeness (QED) is 0.361. The van der Waals surface area contributed by atoms with E-state index in [-0.39, 0.29) is 0 Å². The number of nitrogens with two attached hydrogens (primary N) is 1. The monoisotopic (exact) mass is 285 g/mol. The Kier molecular flexibility index (Phi) is 18.8. The maximum atomic E-state index is 5.57. The van der Waals surface area contributed by atoms with Crippen LogP contribution in [-0.4, -0.2) is 19.8 Å². The molecule has 0 aromatic carbocycles. The lowest BCUT2D eigenvalue weighted by molar-refractivity contribution is 0.126. The van der Waals surface area contributed by atoms with Crippen LogP contribution in [0.5, 0.6) is 0 Å². The minimum Gasteiger partial charge on any atom is -0.381 e. The van der Waals surface area contributed by atoms with Crippen LogP contribution < -0.4 is 5.73 Å².